The van der Waals surface area contributed by atoms with Crippen LogP contribution in [0.25, 0.3) is 11.3 Å². The molecule has 36 heavy (non-hydrogen) atoms. The lowest BCUT2D eigenvalue weighted by atomic mass is 10.0. The van der Waals surface area contributed by atoms with Crippen LogP contribution in [0.3, 0.4) is 0 Å². The van der Waals surface area contributed by atoms with Crippen molar-refractivity contribution in [2.24, 2.45) is 0 Å². The van der Waals surface area contributed by atoms with Gasteiger partial charge in [0.15, 0.2) is 12.2 Å². The molecule has 1 aromatic carbocycles. The number of aromatic nitrogens is 1. The highest BCUT2D eigenvalue weighted by Crippen LogP contribution is 2.32. The number of halogens is 1. The molecule has 2 heterocycles. The number of nitrogens with one attached hydrogen (secondary N) is 2. The van der Waals surface area contributed by atoms with Gasteiger partial charge in [0.25, 0.3) is 0 Å². The summed E-state index contributed by atoms with van der Waals surface area (Å²) in [7, 11) is -1.82. The van der Waals surface area contributed by atoms with Crippen LogP contribution in [0.4, 0.5) is 5.69 Å². The van der Waals surface area contributed by atoms with Gasteiger partial charge in [-0.25, -0.2) is 13.4 Å². The Morgan fingerprint density at radius 2 is 1.92 bits per heavy atom. The number of carbonyl (C=O) groups excluding carboxylic acids is 2. The first-order chi connectivity index (χ1) is 17.0. The number of ether oxygens (including phenoxy) is 1. The van der Waals surface area contributed by atoms with Crippen LogP contribution in [0.5, 0.6) is 5.75 Å². The first kappa shape index (κ1) is 27.9. The third-order valence-corrected chi connectivity index (χ3v) is 7.92. The summed E-state index contributed by atoms with van der Waals surface area (Å²) in [6.07, 6.45) is 3.28. The molecule has 3 rings (SSSR count). The molecule has 11 nitrogen and oxygen atoms in total. The van der Waals surface area contributed by atoms with Crippen LogP contribution in [0.1, 0.15) is 20.3 Å². The van der Waals surface area contributed by atoms with Gasteiger partial charge in [-0.05, 0) is 32.4 Å². The van der Waals surface area contributed by atoms with Crippen molar-refractivity contribution in [3.05, 3.63) is 30.8 Å². The number of methoxy groups -OCH3 is 1. The predicted molar refractivity (Wildman–Crippen MR) is 136 cm³/mol. The van der Waals surface area contributed by atoms with Crippen LogP contribution in [0.15, 0.2) is 35.2 Å². The second kappa shape index (κ2) is 12.0. The summed E-state index contributed by atoms with van der Waals surface area (Å²) in [5.74, 6) is -0.274. The van der Waals surface area contributed by atoms with Gasteiger partial charge in [-0.3, -0.25) is 14.5 Å². The highest BCUT2D eigenvalue weighted by Gasteiger charge is 2.31. The Hall–Kier alpha value is -2.67. The van der Waals surface area contributed by atoms with Crippen LogP contribution in [0, 0.1) is 0 Å². The molecule has 2 aromatic rings. The molecule has 0 saturated carbocycles. The zero-order valence-corrected chi connectivity index (χ0v) is 22.2. The Morgan fingerprint density at radius 1 is 1.19 bits per heavy atom. The summed E-state index contributed by atoms with van der Waals surface area (Å²) >= 11 is 5.63. The molecule has 0 spiro atoms. The molecule has 1 saturated heterocycles. The topological polar surface area (TPSA) is 134 Å². The first-order valence-corrected chi connectivity index (χ1v) is 13.7. The van der Waals surface area contributed by atoms with E-state index in [2.05, 4.69) is 20.5 Å². The minimum Gasteiger partial charge on any atom is -0.496 e. The summed E-state index contributed by atoms with van der Waals surface area (Å²) in [4.78, 5) is 31.1. The molecular weight excluding hydrogens is 510 g/mol. The molecular formula is C23H32ClN5O6S. The molecule has 0 radical (unpaired) electrons. The largest absolute Gasteiger partial charge is 0.496 e. The number of hydrogen-bond acceptors (Lipinski definition) is 8. The van der Waals surface area contributed by atoms with Crippen LogP contribution >= 0.6 is 11.6 Å². The first-order valence-electron chi connectivity index (χ1n) is 11.5. The molecule has 198 valence electrons. The lowest BCUT2D eigenvalue weighted by molar-refractivity contribution is -0.137. The van der Waals surface area contributed by atoms with Crippen molar-refractivity contribution in [2.45, 2.75) is 25.8 Å². The van der Waals surface area contributed by atoms with E-state index in [0.717, 1.165) is 0 Å². The monoisotopic (exact) mass is 541 g/mol. The Morgan fingerprint density at radius 3 is 2.53 bits per heavy atom. The van der Waals surface area contributed by atoms with Gasteiger partial charge in [-0.15, -0.1) is 11.6 Å². The maximum atomic E-state index is 12.6. The van der Waals surface area contributed by atoms with Crippen molar-refractivity contribution < 1.29 is 27.2 Å². The van der Waals surface area contributed by atoms with E-state index in [1.165, 1.54) is 17.8 Å². The zero-order valence-electron chi connectivity index (χ0n) is 20.6. The molecule has 0 atom stereocenters. The number of hydrogen-bond donors (Lipinski definition) is 2. The highest BCUT2D eigenvalue weighted by atomic mass is 35.5. The van der Waals surface area contributed by atoms with Crippen molar-refractivity contribution in [1.82, 2.24) is 19.5 Å². The van der Waals surface area contributed by atoms with Crippen molar-refractivity contribution in [1.29, 1.82) is 0 Å². The summed E-state index contributed by atoms with van der Waals surface area (Å²) in [5.41, 5.74) is 0.326. The van der Waals surface area contributed by atoms with E-state index in [1.54, 1.807) is 24.4 Å². The Balaban J connectivity index is 1.52. The number of benzene rings is 1. The fraction of sp³-hybridized carbons (Fsp3) is 0.522. The smallest absolute Gasteiger partial charge is 0.313 e. The van der Waals surface area contributed by atoms with Gasteiger partial charge in [0.1, 0.15) is 5.75 Å². The molecule has 13 heteroatoms. The van der Waals surface area contributed by atoms with E-state index in [9.17, 15) is 18.0 Å². The van der Waals surface area contributed by atoms with Crippen molar-refractivity contribution in [2.75, 3.05) is 56.8 Å². The van der Waals surface area contributed by atoms with Gasteiger partial charge in [-0.2, -0.15) is 4.31 Å². The van der Waals surface area contributed by atoms with E-state index in [-0.39, 0.29) is 5.75 Å². The van der Waals surface area contributed by atoms with Crippen molar-refractivity contribution in [3.8, 4) is 17.1 Å². The Labute approximate surface area is 216 Å². The molecule has 1 aliphatic rings. The third-order valence-electron chi connectivity index (χ3n) is 5.69. The second-order valence-corrected chi connectivity index (χ2v) is 11.6. The number of alkyl halides is 1. The van der Waals surface area contributed by atoms with Gasteiger partial charge in [0.2, 0.25) is 10.0 Å². The van der Waals surface area contributed by atoms with Gasteiger partial charge >= 0.3 is 11.8 Å². The molecule has 1 fully saturated rings. The molecule has 2 amide bonds. The van der Waals surface area contributed by atoms with Crippen LogP contribution in [-0.2, 0) is 19.6 Å². The predicted octanol–water partition coefficient (Wildman–Crippen LogP) is 1.76. The molecule has 1 aromatic heterocycles. The maximum absolute atomic E-state index is 12.6. The SMILES string of the molecule is COc1cc(NC(=O)C(=O)NC(C)(C)CN2CCN(S(=O)(=O)CCCCl)CC2)ccc1-c1cnco1. The molecule has 0 bridgehead atoms. The fourth-order valence-corrected chi connectivity index (χ4v) is 5.78. The Bertz CT molecular complexity index is 1150. The maximum Gasteiger partial charge on any atom is 0.313 e. The van der Waals surface area contributed by atoms with Crippen LogP contribution in [0.2, 0.25) is 0 Å². The molecule has 0 unspecified atom stereocenters. The number of anilines is 1. The van der Waals surface area contributed by atoms with Gasteiger partial charge < -0.3 is 19.8 Å². The standard InChI is InChI=1S/C23H32ClN5O6S/c1-23(2,15-28-8-10-29(11-9-28)36(32,33)12-4-7-24)27-22(31)21(30)26-17-5-6-18(19(13-17)34-3)20-14-25-16-35-20/h5-6,13-14,16H,4,7-12,15H2,1-3H3,(H,26,30)(H,27,31). The van der Waals surface area contributed by atoms with E-state index >= 15 is 0 Å². The Kier molecular flexibility index (Phi) is 9.34. The average molecular weight is 542 g/mol. The van der Waals surface area contributed by atoms with E-state index in [4.69, 9.17) is 20.8 Å². The van der Waals surface area contributed by atoms with E-state index < -0.39 is 27.4 Å². The number of oxazole rings is 1. The van der Waals surface area contributed by atoms with Gasteiger partial charge in [0, 0.05) is 55.9 Å². The lowest BCUT2D eigenvalue weighted by Crippen LogP contribution is -2.57. The van der Waals surface area contributed by atoms with Crippen molar-refractivity contribution in [3.63, 3.8) is 0 Å². The number of nitrogens with zero attached hydrogens (tertiary/aromatic N) is 3. The highest BCUT2D eigenvalue weighted by molar-refractivity contribution is 7.89. The van der Waals surface area contributed by atoms with Crippen molar-refractivity contribution >= 4 is 39.1 Å². The summed E-state index contributed by atoms with van der Waals surface area (Å²) in [5, 5.41) is 5.34. The number of piperazine rings is 1. The second-order valence-electron chi connectivity index (χ2n) is 9.11. The zero-order chi connectivity index (χ0) is 26.3. The summed E-state index contributed by atoms with van der Waals surface area (Å²) < 4.78 is 36.9. The fourth-order valence-electron chi connectivity index (χ4n) is 4.00. The van der Waals surface area contributed by atoms with Gasteiger partial charge in [0.05, 0.1) is 24.6 Å². The average Bonchev–Trinajstić information content (AvgIpc) is 3.37. The normalized spacial score (nSPS) is 15.4. The van der Waals surface area contributed by atoms with E-state index in [1.807, 2.05) is 13.8 Å². The van der Waals surface area contributed by atoms with Gasteiger partial charge in [-0.1, -0.05) is 0 Å². The summed E-state index contributed by atoms with van der Waals surface area (Å²) in [6.45, 7) is 5.91. The molecule has 2 N–H and O–H groups in total. The minimum atomic E-state index is -3.31. The lowest BCUT2D eigenvalue weighted by Gasteiger charge is -2.38. The van der Waals surface area contributed by atoms with E-state index in [0.29, 0.717) is 67.8 Å². The third kappa shape index (κ3) is 7.42. The molecule has 1 aliphatic heterocycles. The summed E-state index contributed by atoms with van der Waals surface area (Å²) in [6, 6.07) is 4.93. The van der Waals surface area contributed by atoms with Crippen LogP contribution < -0.4 is 15.4 Å². The van der Waals surface area contributed by atoms with Crippen LogP contribution in [-0.4, -0.2) is 91.4 Å². The number of carbonyl (C=O) groups is 2. The molecule has 0 aliphatic carbocycles. The number of amides is 2. The minimum absolute atomic E-state index is 0.0435. The quantitative estimate of drug-likeness (QED) is 0.343. The number of rotatable bonds is 10. The number of sulfonamides is 1.